The number of benzene rings is 2. The summed E-state index contributed by atoms with van der Waals surface area (Å²) in [6, 6.07) is 12.4. The molecule has 0 atom stereocenters. The van der Waals surface area contributed by atoms with E-state index in [0.717, 1.165) is 60.4 Å². The SMILES string of the molecule is CCOCCCNC(=S)N/N=C(/CC)c1ccc2cc(OC)ccc2c1. The van der Waals surface area contributed by atoms with Gasteiger partial charge in [-0.15, -0.1) is 0 Å². The molecule has 0 bridgehead atoms. The summed E-state index contributed by atoms with van der Waals surface area (Å²) >= 11 is 5.27. The largest absolute Gasteiger partial charge is 0.497 e. The molecule has 2 N–H and O–H groups in total. The first-order valence-electron chi connectivity index (χ1n) is 8.94. The Kier molecular flexibility index (Phi) is 8.31. The van der Waals surface area contributed by atoms with E-state index in [1.807, 2.05) is 19.1 Å². The van der Waals surface area contributed by atoms with Crippen LogP contribution in [0.5, 0.6) is 5.75 Å². The van der Waals surface area contributed by atoms with E-state index in [9.17, 15) is 0 Å². The average Bonchev–Trinajstić information content (AvgIpc) is 2.67. The van der Waals surface area contributed by atoms with Crippen LogP contribution < -0.4 is 15.5 Å². The molecule has 0 saturated heterocycles. The second kappa shape index (κ2) is 10.7. The molecule has 0 amide bonds. The van der Waals surface area contributed by atoms with Crippen molar-refractivity contribution in [2.75, 3.05) is 26.9 Å². The maximum atomic E-state index is 5.30. The fraction of sp³-hybridized carbons (Fsp3) is 0.400. The number of nitrogens with zero attached hydrogens (tertiary/aromatic N) is 1. The van der Waals surface area contributed by atoms with Crippen molar-refractivity contribution < 1.29 is 9.47 Å². The number of rotatable bonds is 9. The normalized spacial score (nSPS) is 11.4. The second-order valence-electron chi connectivity index (χ2n) is 5.76. The van der Waals surface area contributed by atoms with Crippen molar-refractivity contribution in [1.82, 2.24) is 10.7 Å². The Morgan fingerprint density at radius 2 is 1.88 bits per heavy atom. The zero-order valence-corrected chi connectivity index (χ0v) is 16.5. The van der Waals surface area contributed by atoms with Crippen molar-refractivity contribution >= 4 is 33.8 Å². The molecule has 2 rings (SSSR count). The van der Waals surface area contributed by atoms with E-state index in [1.165, 1.54) is 0 Å². The zero-order valence-electron chi connectivity index (χ0n) is 15.7. The maximum absolute atomic E-state index is 5.30. The van der Waals surface area contributed by atoms with E-state index < -0.39 is 0 Å². The van der Waals surface area contributed by atoms with Gasteiger partial charge in [0.2, 0.25) is 0 Å². The fourth-order valence-corrected chi connectivity index (χ4v) is 2.70. The van der Waals surface area contributed by atoms with Gasteiger partial charge in [0.05, 0.1) is 12.8 Å². The molecule has 0 aromatic heterocycles. The lowest BCUT2D eigenvalue weighted by Gasteiger charge is -2.10. The van der Waals surface area contributed by atoms with Gasteiger partial charge in [-0.3, -0.25) is 5.43 Å². The van der Waals surface area contributed by atoms with E-state index in [0.29, 0.717) is 5.11 Å². The van der Waals surface area contributed by atoms with Crippen LogP contribution in [-0.2, 0) is 4.74 Å². The van der Waals surface area contributed by atoms with Crippen molar-refractivity contribution in [2.45, 2.75) is 26.7 Å². The van der Waals surface area contributed by atoms with Crippen LogP contribution in [0, 0.1) is 0 Å². The summed E-state index contributed by atoms with van der Waals surface area (Å²) < 4.78 is 10.6. The Hall–Kier alpha value is -2.18. The zero-order chi connectivity index (χ0) is 18.8. The number of hydrogen-bond donors (Lipinski definition) is 2. The van der Waals surface area contributed by atoms with Crippen LogP contribution in [0.4, 0.5) is 0 Å². The van der Waals surface area contributed by atoms with Crippen LogP contribution in [0.1, 0.15) is 32.3 Å². The lowest BCUT2D eigenvalue weighted by molar-refractivity contribution is 0.145. The van der Waals surface area contributed by atoms with Crippen LogP contribution in [-0.4, -0.2) is 37.7 Å². The van der Waals surface area contributed by atoms with E-state index >= 15 is 0 Å². The van der Waals surface area contributed by atoms with Crippen molar-refractivity contribution in [3.05, 3.63) is 42.0 Å². The minimum Gasteiger partial charge on any atom is -0.497 e. The molecule has 0 radical (unpaired) electrons. The fourth-order valence-electron chi connectivity index (χ4n) is 2.56. The predicted molar refractivity (Wildman–Crippen MR) is 112 cm³/mol. The summed E-state index contributed by atoms with van der Waals surface area (Å²) in [5, 5.41) is 10.4. The van der Waals surface area contributed by atoms with Gasteiger partial charge in [-0.2, -0.15) is 5.10 Å². The van der Waals surface area contributed by atoms with Crippen LogP contribution in [0.2, 0.25) is 0 Å². The van der Waals surface area contributed by atoms with Crippen molar-refractivity contribution in [2.24, 2.45) is 5.10 Å². The van der Waals surface area contributed by atoms with E-state index in [1.54, 1.807) is 7.11 Å². The molecule has 0 heterocycles. The van der Waals surface area contributed by atoms with Crippen molar-refractivity contribution in [3.8, 4) is 5.75 Å². The summed E-state index contributed by atoms with van der Waals surface area (Å²) in [4.78, 5) is 0. The molecule has 0 aliphatic heterocycles. The molecule has 0 aliphatic carbocycles. The third kappa shape index (κ3) is 5.97. The van der Waals surface area contributed by atoms with Crippen LogP contribution >= 0.6 is 12.2 Å². The monoisotopic (exact) mass is 373 g/mol. The maximum Gasteiger partial charge on any atom is 0.186 e. The minimum absolute atomic E-state index is 0.526. The highest BCUT2D eigenvalue weighted by Gasteiger charge is 2.05. The molecule has 2 aromatic carbocycles. The summed E-state index contributed by atoms with van der Waals surface area (Å²) in [6.45, 7) is 6.31. The van der Waals surface area contributed by atoms with E-state index in [-0.39, 0.29) is 0 Å². The van der Waals surface area contributed by atoms with Crippen LogP contribution in [0.15, 0.2) is 41.5 Å². The standard InChI is InChI=1S/C20H27N3O2S/c1-4-19(22-23-20(26)21-11-6-12-25-5-2)17-8-7-16-14-18(24-3)10-9-15(16)13-17/h7-10,13-14H,4-6,11-12H2,1-3H3,(H2,21,23,26)/b22-19-. The first-order chi connectivity index (χ1) is 12.7. The predicted octanol–water partition coefficient (Wildman–Crippen LogP) is 3.85. The van der Waals surface area contributed by atoms with E-state index in [4.69, 9.17) is 21.7 Å². The molecule has 0 fully saturated rings. The number of fused-ring (bicyclic) bond motifs is 1. The second-order valence-corrected chi connectivity index (χ2v) is 6.17. The molecular formula is C20H27N3O2S. The van der Waals surface area contributed by atoms with Crippen LogP contribution in [0.3, 0.4) is 0 Å². The highest BCUT2D eigenvalue weighted by molar-refractivity contribution is 7.80. The molecule has 0 unspecified atom stereocenters. The molecule has 6 heteroatoms. The molecule has 0 spiro atoms. The first-order valence-corrected chi connectivity index (χ1v) is 9.35. The van der Waals surface area contributed by atoms with Gasteiger partial charge in [0.25, 0.3) is 0 Å². The molecule has 0 saturated carbocycles. The lowest BCUT2D eigenvalue weighted by Crippen LogP contribution is -2.33. The summed E-state index contributed by atoms with van der Waals surface area (Å²) in [6.07, 6.45) is 1.72. The highest BCUT2D eigenvalue weighted by Crippen LogP contribution is 2.22. The number of hydrazone groups is 1. The van der Waals surface area contributed by atoms with Gasteiger partial charge >= 0.3 is 0 Å². The number of thiocarbonyl (C=S) groups is 1. The molecule has 140 valence electrons. The Morgan fingerprint density at radius 1 is 1.12 bits per heavy atom. The van der Waals surface area contributed by atoms with Gasteiger partial charge in [-0.25, -0.2) is 0 Å². The third-order valence-electron chi connectivity index (χ3n) is 3.96. The number of hydrogen-bond acceptors (Lipinski definition) is 4. The average molecular weight is 374 g/mol. The Labute approximate surface area is 160 Å². The van der Waals surface area contributed by atoms with Gasteiger partial charge in [-0.05, 0) is 66.5 Å². The van der Waals surface area contributed by atoms with Gasteiger partial charge in [0.1, 0.15) is 5.75 Å². The smallest absolute Gasteiger partial charge is 0.186 e. The van der Waals surface area contributed by atoms with Crippen molar-refractivity contribution in [3.63, 3.8) is 0 Å². The third-order valence-corrected chi connectivity index (χ3v) is 4.20. The number of methoxy groups -OCH3 is 1. The highest BCUT2D eigenvalue weighted by atomic mass is 32.1. The first kappa shape index (κ1) is 20.1. The topological polar surface area (TPSA) is 54.9 Å². The Morgan fingerprint density at radius 3 is 2.62 bits per heavy atom. The summed E-state index contributed by atoms with van der Waals surface area (Å²) in [7, 11) is 1.68. The van der Waals surface area contributed by atoms with Gasteiger partial charge in [0, 0.05) is 19.8 Å². The molecule has 5 nitrogen and oxygen atoms in total. The number of nitrogens with one attached hydrogen (secondary N) is 2. The lowest BCUT2D eigenvalue weighted by atomic mass is 10.0. The Balaban J connectivity index is 1.99. The summed E-state index contributed by atoms with van der Waals surface area (Å²) in [5.41, 5.74) is 4.98. The van der Waals surface area contributed by atoms with Crippen LogP contribution in [0.25, 0.3) is 10.8 Å². The molecule has 2 aromatic rings. The van der Waals surface area contributed by atoms with Gasteiger partial charge in [0.15, 0.2) is 5.11 Å². The minimum atomic E-state index is 0.526. The van der Waals surface area contributed by atoms with Gasteiger partial charge < -0.3 is 14.8 Å². The number of ether oxygens (including phenoxy) is 2. The van der Waals surface area contributed by atoms with E-state index in [2.05, 4.69) is 47.0 Å². The van der Waals surface area contributed by atoms with Gasteiger partial charge in [-0.1, -0.05) is 25.1 Å². The molecule has 26 heavy (non-hydrogen) atoms. The summed E-state index contributed by atoms with van der Waals surface area (Å²) in [5.74, 6) is 0.858. The molecular weight excluding hydrogens is 346 g/mol. The van der Waals surface area contributed by atoms with Crippen molar-refractivity contribution in [1.29, 1.82) is 0 Å². The molecule has 0 aliphatic rings. The Bertz CT molecular complexity index is 762. The quantitative estimate of drug-likeness (QED) is 0.303.